The second kappa shape index (κ2) is 8.19. The second-order valence-electron chi connectivity index (χ2n) is 6.19. The van der Waals surface area contributed by atoms with Crippen molar-refractivity contribution in [2.24, 2.45) is 0 Å². The molecule has 3 aromatic rings. The quantitative estimate of drug-likeness (QED) is 0.689. The van der Waals surface area contributed by atoms with Crippen molar-refractivity contribution in [1.82, 2.24) is 10.1 Å². The number of nitrogens with one attached hydrogen (secondary N) is 1. The number of aromatic nitrogens is 2. The van der Waals surface area contributed by atoms with Crippen molar-refractivity contribution in [3.8, 4) is 11.4 Å². The Bertz CT molecular complexity index is 890. The van der Waals surface area contributed by atoms with E-state index in [-0.39, 0.29) is 11.2 Å². The monoisotopic (exact) mass is 367 g/mol. The first-order chi connectivity index (χ1) is 12.5. The summed E-state index contributed by atoms with van der Waals surface area (Å²) in [6, 6.07) is 15.7. The molecule has 1 amide bonds. The van der Waals surface area contributed by atoms with Crippen LogP contribution in [0, 0.1) is 13.8 Å². The number of carbonyl (C=O) groups excluding carboxylic acids is 1. The number of benzene rings is 2. The maximum atomic E-state index is 12.3. The highest BCUT2D eigenvalue weighted by Gasteiger charge is 2.16. The molecule has 0 aliphatic heterocycles. The first-order valence-electron chi connectivity index (χ1n) is 8.40. The van der Waals surface area contributed by atoms with Crippen LogP contribution in [0.3, 0.4) is 0 Å². The average molecular weight is 367 g/mol. The predicted octanol–water partition coefficient (Wildman–Crippen LogP) is 4.61. The van der Waals surface area contributed by atoms with Crippen molar-refractivity contribution in [3.63, 3.8) is 0 Å². The van der Waals surface area contributed by atoms with Crippen molar-refractivity contribution >= 4 is 23.4 Å². The number of rotatable bonds is 6. The third kappa shape index (κ3) is 4.73. The Kier molecular flexibility index (Phi) is 5.73. The molecule has 0 fully saturated rings. The summed E-state index contributed by atoms with van der Waals surface area (Å²) in [5.74, 6) is 1.53. The zero-order chi connectivity index (χ0) is 18.5. The van der Waals surface area contributed by atoms with Gasteiger partial charge in [-0.25, -0.2) is 0 Å². The summed E-state index contributed by atoms with van der Waals surface area (Å²) in [6.45, 7) is 5.90. The van der Waals surface area contributed by atoms with E-state index in [0.717, 1.165) is 16.8 Å². The van der Waals surface area contributed by atoms with Gasteiger partial charge in [0.25, 0.3) is 0 Å². The maximum absolute atomic E-state index is 12.3. The Morgan fingerprint density at radius 3 is 2.65 bits per heavy atom. The third-order valence-electron chi connectivity index (χ3n) is 3.89. The number of carbonyl (C=O) groups is 1. The molecule has 5 nitrogen and oxygen atoms in total. The van der Waals surface area contributed by atoms with E-state index < -0.39 is 0 Å². The second-order valence-corrected chi connectivity index (χ2v) is 7.52. The average Bonchev–Trinajstić information content (AvgIpc) is 3.09. The molecule has 134 valence electrons. The van der Waals surface area contributed by atoms with Crippen LogP contribution in [-0.2, 0) is 10.5 Å². The van der Waals surface area contributed by atoms with Crippen molar-refractivity contribution in [1.29, 1.82) is 0 Å². The number of nitrogens with zero attached hydrogens (tertiary/aromatic N) is 2. The van der Waals surface area contributed by atoms with Gasteiger partial charge in [0, 0.05) is 11.3 Å². The number of hydrogen-bond acceptors (Lipinski definition) is 5. The fourth-order valence-corrected chi connectivity index (χ4v) is 3.09. The smallest absolute Gasteiger partial charge is 0.237 e. The van der Waals surface area contributed by atoms with E-state index in [2.05, 4.69) is 15.5 Å². The molecule has 26 heavy (non-hydrogen) atoms. The molecule has 0 radical (unpaired) electrons. The van der Waals surface area contributed by atoms with Crippen molar-refractivity contribution in [2.75, 3.05) is 5.32 Å². The Labute approximate surface area is 157 Å². The summed E-state index contributed by atoms with van der Waals surface area (Å²) in [5.41, 5.74) is 4.02. The van der Waals surface area contributed by atoms with Crippen LogP contribution in [0.5, 0.6) is 0 Å². The molecule has 1 heterocycles. The minimum absolute atomic E-state index is 0.0427. The van der Waals surface area contributed by atoms with E-state index in [1.807, 2.05) is 69.3 Å². The lowest BCUT2D eigenvalue weighted by molar-refractivity contribution is -0.115. The highest BCUT2D eigenvalue weighted by atomic mass is 32.2. The van der Waals surface area contributed by atoms with Gasteiger partial charge in [0.15, 0.2) is 0 Å². The van der Waals surface area contributed by atoms with Crippen LogP contribution < -0.4 is 5.32 Å². The molecule has 0 unspecified atom stereocenters. The zero-order valence-electron chi connectivity index (χ0n) is 15.0. The fourth-order valence-electron chi connectivity index (χ4n) is 2.37. The molecule has 0 saturated heterocycles. The molecule has 2 aromatic carbocycles. The summed E-state index contributed by atoms with van der Waals surface area (Å²) in [7, 11) is 0. The first kappa shape index (κ1) is 18.2. The Hall–Kier alpha value is -2.60. The molecule has 0 bridgehead atoms. The first-order valence-corrected chi connectivity index (χ1v) is 9.45. The van der Waals surface area contributed by atoms with Gasteiger partial charge in [0.1, 0.15) is 0 Å². The molecule has 0 aliphatic carbocycles. The van der Waals surface area contributed by atoms with Gasteiger partial charge in [-0.2, -0.15) is 4.98 Å². The lowest BCUT2D eigenvalue weighted by atomic mass is 10.1. The molecule has 3 rings (SSSR count). The summed E-state index contributed by atoms with van der Waals surface area (Å²) in [5, 5.41) is 6.71. The third-order valence-corrected chi connectivity index (χ3v) is 5.02. The molecule has 6 heteroatoms. The molecule has 0 aliphatic rings. The van der Waals surface area contributed by atoms with Crippen LogP contribution in [0.25, 0.3) is 11.4 Å². The largest absolute Gasteiger partial charge is 0.338 e. The van der Waals surface area contributed by atoms with Crippen LogP contribution in [0.15, 0.2) is 53.1 Å². The van der Waals surface area contributed by atoms with Crippen LogP contribution in [0.1, 0.15) is 23.9 Å². The molecular formula is C20H21N3O2S. The fraction of sp³-hybridized carbons (Fsp3) is 0.250. The number of aryl methyl sites for hydroxylation is 2. The zero-order valence-corrected chi connectivity index (χ0v) is 15.8. The highest BCUT2D eigenvalue weighted by molar-refractivity contribution is 7.99. The molecule has 1 atom stereocenters. The van der Waals surface area contributed by atoms with Gasteiger partial charge >= 0.3 is 0 Å². The molecule has 1 N–H and O–H groups in total. The topological polar surface area (TPSA) is 68.0 Å². The maximum Gasteiger partial charge on any atom is 0.237 e. The Balaban J connectivity index is 1.55. The van der Waals surface area contributed by atoms with Gasteiger partial charge in [0.2, 0.25) is 17.6 Å². The van der Waals surface area contributed by atoms with Gasteiger partial charge in [-0.1, -0.05) is 47.1 Å². The number of thioether (sulfide) groups is 1. The van der Waals surface area contributed by atoms with E-state index in [9.17, 15) is 4.79 Å². The van der Waals surface area contributed by atoms with E-state index in [4.69, 9.17) is 4.52 Å². The molecule has 0 spiro atoms. The van der Waals surface area contributed by atoms with Gasteiger partial charge in [-0.05, 0) is 38.5 Å². The van der Waals surface area contributed by atoms with Gasteiger partial charge < -0.3 is 9.84 Å². The van der Waals surface area contributed by atoms with E-state index >= 15 is 0 Å². The van der Waals surface area contributed by atoms with E-state index in [1.54, 1.807) is 0 Å². The van der Waals surface area contributed by atoms with E-state index in [0.29, 0.717) is 17.5 Å². The number of anilines is 1. The minimum atomic E-state index is -0.231. The van der Waals surface area contributed by atoms with Crippen LogP contribution in [0.2, 0.25) is 0 Å². The lowest BCUT2D eigenvalue weighted by Gasteiger charge is -2.11. The predicted molar refractivity (Wildman–Crippen MR) is 105 cm³/mol. The van der Waals surface area contributed by atoms with Crippen molar-refractivity contribution in [3.05, 3.63) is 65.5 Å². The molecular weight excluding hydrogens is 346 g/mol. The summed E-state index contributed by atoms with van der Waals surface area (Å²) < 4.78 is 5.30. The van der Waals surface area contributed by atoms with Crippen LogP contribution in [-0.4, -0.2) is 21.3 Å². The number of amides is 1. The van der Waals surface area contributed by atoms with Gasteiger partial charge in [-0.3, -0.25) is 4.79 Å². The molecule has 0 saturated carbocycles. The summed E-state index contributed by atoms with van der Waals surface area (Å²) >= 11 is 1.46. The van der Waals surface area contributed by atoms with Gasteiger partial charge in [-0.15, -0.1) is 11.8 Å². The van der Waals surface area contributed by atoms with Crippen LogP contribution >= 0.6 is 11.8 Å². The normalized spacial score (nSPS) is 12.0. The SMILES string of the molecule is Cc1ccc(-c2noc(CS[C@@H](C)C(=O)Nc3cccc(C)c3)n2)cc1. The standard InChI is InChI=1S/C20H21N3O2S/c1-13-7-9-16(10-8-13)19-22-18(25-23-19)12-26-15(3)20(24)21-17-6-4-5-14(2)11-17/h4-11,15H,12H2,1-3H3,(H,21,24)/t15-/m0/s1. The summed E-state index contributed by atoms with van der Waals surface area (Å²) in [6.07, 6.45) is 0. The number of hydrogen-bond donors (Lipinski definition) is 1. The summed E-state index contributed by atoms with van der Waals surface area (Å²) in [4.78, 5) is 16.7. The highest BCUT2D eigenvalue weighted by Crippen LogP contribution is 2.22. The van der Waals surface area contributed by atoms with Crippen molar-refractivity contribution < 1.29 is 9.32 Å². The Morgan fingerprint density at radius 2 is 1.92 bits per heavy atom. The van der Waals surface area contributed by atoms with Crippen molar-refractivity contribution in [2.45, 2.75) is 31.8 Å². The van der Waals surface area contributed by atoms with Gasteiger partial charge in [0.05, 0.1) is 11.0 Å². The van der Waals surface area contributed by atoms with E-state index in [1.165, 1.54) is 17.3 Å². The lowest BCUT2D eigenvalue weighted by Crippen LogP contribution is -2.22. The molecule has 1 aromatic heterocycles. The van der Waals surface area contributed by atoms with Crippen LogP contribution in [0.4, 0.5) is 5.69 Å². The Morgan fingerprint density at radius 1 is 1.15 bits per heavy atom. The minimum Gasteiger partial charge on any atom is -0.338 e.